The molecular weight excluding hydrogens is 216 g/mol. The number of nitrogens with zero attached hydrogens (tertiary/aromatic N) is 1. The van der Waals surface area contributed by atoms with Crippen LogP contribution in [0.25, 0.3) is 0 Å². The van der Waals surface area contributed by atoms with E-state index in [1.165, 1.54) is 20.0 Å². The number of carbonyl (C=O) groups is 1. The molecule has 0 amide bonds. The molecule has 2 aliphatic rings. The number of rotatable bonds is 4. The van der Waals surface area contributed by atoms with E-state index in [0.717, 1.165) is 38.1 Å². The van der Waals surface area contributed by atoms with E-state index in [4.69, 9.17) is 10.5 Å². The van der Waals surface area contributed by atoms with E-state index in [2.05, 4.69) is 11.9 Å². The van der Waals surface area contributed by atoms with Crippen LogP contribution in [0.1, 0.15) is 38.5 Å². The monoisotopic (exact) mass is 240 g/mol. The quantitative estimate of drug-likeness (QED) is 0.749. The highest BCUT2D eigenvalue weighted by molar-refractivity contribution is 5.80. The molecule has 0 spiro atoms. The Morgan fingerprint density at radius 1 is 1.47 bits per heavy atom. The zero-order chi connectivity index (χ0) is 12.5. The van der Waals surface area contributed by atoms with Crippen LogP contribution in [0.15, 0.2) is 0 Å². The lowest BCUT2D eigenvalue weighted by Crippen LogP contribution is -2.55. The van der Waals surface area contributed by atoms with Crippen LogP contribution in [0.3, 0.4) is 0 Å². The number of hydrogen-bond acceptors (Lipinski definition) is 4. The number of carbonyl (C=O) groups excluding carboxylic acids is 1. The van der Waals surface area contributed by atoms with Crippen LogP contribution in [-0.2, 0) is 9.53 Å². The van der Waals surface area contributed by atoms with Crippen LogP contribution in [0, 0.1) is 5.92 Å². The maximum absolute atomic E-state index is 11.7. The second-order valence-corrected chi connectivity index (χ2v) is 5.78. The average molecular weight is 240 g/mol. The van der Waals surface area contributed by atoms with Crippen molar-refractivity contribution < 1.29 is 9.53 Å². The Labute approximate surface area is 103 Å². The van der Waals surface area contributed by atoms with Gasteiger partial charge < -0.3 is 15.4 Å². The molecule has 17 heavy (non-hydrogen) atoms. The Balaban J connectivity index is 1.93. The molecule has 0 aromatic rings. The minimum Gasteiger partial charge on any atom is -0.468 e. The molecule has 0 heterocycles. The fourth-order valence-electron chi connectivity index (χ4n) is 2.90. The van der Waals surface area contributed by atoms with Crippen molar-refractivity contribution in [2.75, 3.05) is 20.7 Å². The van der Waals surface area contributed by atoms with E-state index in [1.807, 2.05) is 0 Å². The van der Waals surface area contributed by atoms with Gasteiger partial charge in [0.15, 0.2) is 0 Å². The first kappa shape index (κ1) is 12.8. The average Bonchev–Trinajstić information content (AvgIpc) is 3.11. The highest BCUT2D eigenvalue weighted by Crippen LogP contribution is 2.34. The smallest absolute Gasteiger partial charge is 0.325 e. The van der Waals surface area contributed by atoms with Gasteiger partial charge in [-0.25, -0.2) is 0 Å². The molecule has 98 valence electrons. The van der Waals surface area contributed by atoms with Crippen LogP contribution in [0.2, 0.25) is 0 Å². The molecule has 4 nitrogen and oxygen atoms in total. The van der Waals surface area contributed by atoms with Gasteiger partial charge in [-0.05, 0) is 51.5 Å². The van der Waals surface area contributed by atoms with Crippen molar-refractivity contribution in [1.29, 1.82) is 0 Å². The van der Waals surface area contributed by atoms with Crippen LogP contribution < -0.4 is 5.73 Å². The Bertz CT molecular complexity index is 291. The van der Waals surface area contributed by atoms with Gasteiger partial charge in [0.2, 0.25) is 0 Å². The summed E-state index contributed by atoms with van der Waals surface area (Å²) >= 11 is 0. The summed E-state index contributed by atoms with van der Waals surface area (Å²) in [5.41, 5.74) is 5.43. The van der Waals surface area contributed by atoms with Crippen molar-refractivity contribution in [3.8, 4) is 0 Å². The Kier molecular flexibility index (Phi) is 3.73. The number of hydrogen-bond donors (Lipinski definition) is 1. The molecule has 0 bridgehead atoms. The van der Waals surface area contributed by atoms with Gasteiger partial charge in [0.05, 0.1) is 7.11 Å². The maximum Gasteiger partial charge on any atom is 0.325 e. The molecule has 4 heteroatoms. The van der Waals surface area contributed by atoms with E-state index in [1.54, 1.807) is 0 Å². The standard InChI is InChI=1S/C13H24N2O2/c1-15(9-10-5-6-10)11-4-3-7-13(14,8-11)12(16)17-2/h10-11H,3-9,14H2,1-2H3. The third kappa shape index (κ3) is 2.99. The number of nitrogens with two attached hydrogens (primary N) is 1. The molecule has 2 atom stereocenters. The van der Waals surface area contributed by atoms with Gasteiger partial charge in [-0.15, -0.1) is 0 Å². The van der Waals surface area contributed by atoms with Crippen molar-refractivity contribution in [1.82, 2.24) is 4.90 Å². The fraction of sp³-hybridized carbons (Fsp3) is 0.923. The third-order valence-corrected chi connectivity index (χ3v) is 4.22. The van der Waals surface area contributed by atoms with Crippen molar-refractivity contribution in [2.45, 2.75) is 50.1 Å². The normalized spacial score (nSPS) is 33.8. The molecule has 0 radical (unpaired) electrons. The van der Waals surface area contributed by atoms with Gasteiger partial charge in [-0.2, -0.15) is 0 Å². The molecule has 0 aromatic carbocycles. The summed E-state index contributed by atoms with van der Waals surface area (Å²) in [6.07, 6.45) is 6.39. The molecule has 2 saturated carbocycles. The summed E-state index contributed by atoms with van der Waals surface area (Å²) in [7, 11) is 3.58. The van der Waals surface area contributed by atoms with Crippen molar-refractivity contribution >= 4 is 5.97 Å². The molecule has 2 rings (SSSR count). The molecule has 0 saturated heterocycles. The molecule has 2 N–H and O–H groups in total. The number of ether oxygens (including phenoxy) is 1. The van der Waals surface area contributed by atoms with Crippen LogP contribution >= 0.6 is 0 Å². The second-order valence-electron chi connectivity index (χ2n) is 5.78. The van der Waals surface area contributed by atoms with Gasteiger partial charge >= 0.3 is 5.97 Å². The predicted molar refractivity (Wildman–Crippen MR) is 66.5 cm³/mol. The van der Waals surface area contributed by atoms with Crippen molar-refractivity contribution in [3.05, 3.63) is 0 Å². The highest BCUT2D eigenvalue weighted by Gasteiger charge is 2.41. The second kappa shape index (κ2) is 4.94. The highest BCUT2D eigenvalue weighted by atomic mass is 16.5. The van der Waals surface area contributed by atoms with E-state index >= 15 is 0 Å². The van der Waals surface area contributed by atoms with E-state index in [0.29, 0.717) is 6.04 Å². The number of methoxy groups -OCH3 is 1. The first-order chi connectivity index (χ1) is 8.05. The zero-order valence-electron chi connectivity index (χ0n) is 10.9. The Morgan fingerprint density at radius 2 is 2.18 bits per heavy atom. The van der Waals surface area contributed by atoms with Crippen LogP contribution in [0.5, 0.6) is 0 Å². The lowest BCUT2D eigenvalue weighted by atomic mass is 9.79. The van der Waals surface area contributed by atoms with Gasteiger partial charge in [-0.3, -0.25) is 4.79 Å². The van der Waals surface area contributed by atoms with Crippen LogP contribution in [0.4, 0.5) is 0 Å². The largest absolute Gasteiger partial charge is 0.468 e. The molecule has 0 aliphatic heterocycles. The molecule has 2 aliphatic carbocycles. The van der Waals surface area contributed by atoms with Crippen molar-refractivity contribution in [3.63, 3.8) is 0 Å². The first-order valence-corrected chi connectivity index (χ1v) is 6.63. The Morgan fingerprint density at radius 3 is 2.76 bits per heavy atom. The SMILES string of the molecule is COC(=O)C1(N)CCCC(N(C)CC2CC2)C1. The zero-order valence-corrected chi connectivity index (χ0v) is 10.9. The summed E-state index contributed by atoms with van der Waals surface area (Å²) in [6, 6.07) is 0.438. The van der Waals surface area contributed by atoms with Gasteiger partial charge in [0, 0.05) is 12.6 Å². The summed E-state index contributed by atoms with van der Waals surface area (Å²) in [6.45, 7) is 1.15. The summed E-state index contributed by atoms with van der Waals surface area (Å²) in [5, 5.41) is 0. The molecular formula is C13H24N2O2. The number of esters is 1. The third-order valence-electron chi connectivity index (χ3n) is 4.22. The van der Waals surface area contributed by atoms with Crippen LogP contribution in [-0.4, -0.2) is 43.2 Å². The minimum atomic E-state index is -0.754. The summed E-state index contributed by atoms with van der Waals surface area (Å²) in [4.78, 5) is 14.1. The fourth-order valence-corrected chi connectivity index (χ4v) is 2.90. The maximum atomic E-state index is 11.7. The summed E-state index contributed by atoms with van der Waals surface area (Å²) in [5.74, 6) is 0.634. The van der Waals surface area contributed by atoms with E-state index in [9.17, 15) is 4.79 Å². The Hall–Kier alpha value is -0.610. The summed E-state index contributed by atoms with van der Waals surface area (Å²) < 4.78 is 4.83. The van der Waals surface area contributed by atoms with E-state index < -0.39 is 5.54 Å². The van der Waals surface area contributed by atoms with Gasteiger partial charge in [0.25, 0.3) is 0 Å². The minimum absolute atomic E-state index is 0.248. The predicted octanol–water partition coefficient (Wildman–Crippen LogP) is 1.14. The molecule has 2 fully saturated rings. The first-order valence-electron chi connectivity index (χ1n) is 6.63. The van der Waals surface area contributed by atoms with Crippen molar-refractivity contribution in [2.24, 2.45) is 11.7 Å². The lowest BCUT2D eigenvalue weighted by molar-refractivity contribution is -0.149. The molecule has 0 aromatic heterocycles. The van der Waals surface area contributed by atoms with E-state index in [-0.39, 0.29) is 5.97 Å². The van der Waals surface area contributed by atoms with Gasteiger partial charge in [0.1, 0.15) is 5.54 Å². The van der Waals surface area contributed by atoms with Gasteiger partial charge in [-0.1, -0.05) is 0 Å². The molecule has 2 unspecified atom stereocenters. The lowest BCUT2D eigenvalue weighted by Gasteiger charge is -2.39. The topological polar surface area (TPSA) is 55.6 Å².